The van der Waals surface area contributed by atoms with Gasteiger partial charge in [0.1, 0.15) is 5.60 Å². The maximum Gasteiger partial charge on any atom is 0.407 e. The zero-order valence-corrected chi connectivity index (χ0v) is 11.3. The maximum absolute atomic E-state index is 11.4. The Morgan fingerprint density at radius 3 is 2.47 bits per heavy atom. The van der Waals surface area contributed by atoms with E-state index in [4.69, 9.17) is 4.74 Å². The van der Waals surface area contributed by atoms with Gasteiger partial charge >= 0.3 is 6.09 Å². The first-order valence-electron chi connectivity index (χ1n) is 5.40. The molecule has 1 N–H and O–H groups in total. The van der Waals surface area contributed by atoms with E-state index >= 15 is 0 Å². The van der Waals surface area contributed by atoms with Crippen LogP contribution < -0.4 is 5.32 Å². The summed E-state index contributed by atoms with van der Waals surface area (Å²) in [6.45, 7) is 6.36. The van der Waals surface area contributed by atoms with E-state index in [2.05, 4.69) is 21.2 Å². The molecule has 1 amide bonds. The highest BCUT2D eigenvalue weighted by atomic mass is 79.9. The van der Waals surface area contributed by atoms with Crippen LogP contribution in [0.2, 0.25) is 0 Å². The molecule has 3 nitrogen and oxygen atoms in total. The SMILES string of the molecule is CC(C)(C)OC(=O)NCC1(CCBr)CC1. The summed E-state index contributed by atoms with van der Waals surface area (Å²) in [5, 5.41) is 3.85. The van der Waals surface area contributed by atoms with Gasteiger partial charge in [0.15, 0.2) is 0 Å². The molecule has 0 saturated heterocycles. The molecule has 0 spiro atoms. The quantitative estimate of drug-likeness (QED) is 0.802. The molecule has 1 fully saturated rings. The van der Waals surface area contributed by atoms with Crippen molar-refractivity contribution in [2.75, 3.05) is 11.9 Å². The summed E-state index contributed by atoms with van der Waals surface area (Å²) in [6.07, 6.45) is 3.26. The van der Waals surface area contributed by atoms with Crippen molar-refractivity contribution in [1.29, 1.82) is 0 Å². The number of hydrogen-bond acceptors (Lipinski definition) is 2. The van der Waals surface area contributed by atoms with E-state index in [0.29, 0.717) is 5.41 Å². The summed E-state index contributed by atoms with van der Waals surface area (Å²) in [6, 6.07) is 0. The zero-order valence-electron chi connectivity index (χ0n) is 9.73. The summed E-state index contributed by atoms with van der Waals surface area (Å²) in [4.78, 5) is 11.4. The number of alkyl halides is 1. The molecule has 1 saturated carbocycles. The highest BCUT2D eigenvalue weighted by Crippen LogP contribution is 2.48. The van der Waals surface area contributed by atoms with E-state index in [9.17, 15) is 4.79 Å². The first-order valence-corrected chi connectivity index (χ1v) is 6.52. The van der Waals surface area contributed by atoms with Crippen molar-refractivity contribution in [3.05, 3.63) is 0 Å². The average Bonchev–Trinajstić information content (AvgIpc) is 2.80. The van der Waals surface area contributed by atoms with E-state index in [1.54, 1.807) is 0 Å². The number of amides is 1. The van der Waals surface area contributed by atoms with Crippen molar-refractivity contribution in [3.63, 3.8) is 0 Å². The van der Waals surface area contributed by atoms with Crippen LogP contribution in [0, 0.1) is 5.41 Å². The molecular weight excluding hydrogens is 258 g/mol. The molecule has 15 heavy (non-hydrogen) atoms. The van der Waals surface area contributed by atoms with Crippen molar-refractivity contribution >= 4 is 22.0 Å². The number of halogens is 1. The zero-order chi connectivity index (χ0) is 11.5. The fourth-order valence-electron chi connectivity index (χ4n) is 1.47. The van der Waals surface area contributed by atoms with Crippen molar-refractivity contribution in [2.24, 2.45) is 5.41 Å². The molecule has 4 heteroatoms. The minimum absolute atomic E-state index is 0.302. The van der Waals surface area contributed by atoms with Gasteiger partial charge in [-0.05, 0) is 45.4 Å². The lowest BCUT2D eigenvalue weighted by Gasteiger charge is -2.21. The van der Waals surface area contributed by atoms with Crippen LogP contribution >= 0.6 is 15.9 Å². The van der Waals surface area contributed by atoms with Gasteiger partial charge in [0.25, 0.3) is 0 Å². The Bertz CT molecular complexity index is 231. The molecule has 0 aromatic heterocycles. The summed E-state index contributed by atoms with van der Waals surface area (Å²) in [7, 11) is 0. The van der Waals surface area contributed by atoms with E-state index in [1.807, 2.05) is 20.8 Å². The number of rotatable bonds is 4. The topological polar surface area (TPSA) is 38.3 Å². The van der Waals surface area contributed by atoms with Crippen LogP contribution in [-0.4, -0.2) is 23.6 Å². The fourth-order valence-corrected chi connectivity index (χ4v) is 2.31. The molecule has 1 aliphatic carbocycles. The molecule has 0 aromatic carbocycles. The predicted molar refractivity (Wildman–Crippen MR) is 64.3 cm³/mol. The second kappa shape index (κ2) is 4.73. The largest absolute Gasteiger partial charge is 0.444 e. The highest BCUT2D eigenvalue weighted by Gasteiger charge is 2.41. The third-order valence-electron chi connectivity index (χ3n) is 2.59. The Morgan fingerprint density at radius 2 is 2.07 bits per heavy atom. The Kier molecular flexibility index (Phi) is 4.04. The maximum atomic E-state index is 11.4. The Labute approximate surface area is 100 Å². The van der Waals surface area contributed by atoms with Crippen molar-refractivity contribution < 1.29 is 9.53 Å². The molecule has 1 rings (SSSR count). The van der Waals surface area contributed by atoms with Crippen molar-refractivity contribution in [1.82, 2.24) is 5.32 Å². The Hall–Kier alpha value is -0.250. The van der Waals surface area contributed by atoms with Gasteiger partial charge < -0.3 is 10.1 Å². The normalized spacial score (nSPS) is 18.4. The van der Waals surface area contributed by atoms with Crippen LogP contribution in [0.1, 0.15) is 40.0 Å². The van der Waals surface area contributed by atoms with Gasteiger partial charge in [-0.2, -0.15) is 0 Å². The van der Waals surface area contributed by atoms with Gasteiger partial charge in [-0.25, -0.2) is 4.79 Å². The molecule has 88 valence electrons. The average molecular weight is 278 g/mol. The van der Waals surface area contributed by atoms with Gasteiger partial charge in [-0.1, -0.05) is 15.9 Å². The minimum Gasteiger partial charge on any atom is -0.444 e. The summed E-state index contributed by atoms with van der Waals surface area (Å²) in [5.41, 5.74) is -0.0589. The Balaban J connectivity index is 2.23. The second-order valence-electron chi connectivity index (χ2n) is 5.29. The van der Waals surface area contributed by atoms with Gasteiger partial charge in [0, 0.05) is 11.9 Å². The smallest absolute Gasteiger partial charge is 0.407 e. The lowest BCUT2D eigenvalue weighted by Crippen LogP contribution is -2.35. The molecule has 0 unspecified atom stereocenters. The van der Waals surface area contributed by atoms with Gasteiger partial charge in [0.05, 0.1) is 0 Å². The molecule has 0 bridgehead atoms. The minimum atomic E-state index is -0.407. The van der Waals surface area contributed by atoms with E-state index in [1.165, 1.54) is 12.8 Å². The third kappa shape index (κ3) is 4.87. The Morgan fingerprint density at radius 1 is 1.47 bits per heavy atom. The molecule has 1 aliphatic rings. The summed E-state index contributed by atoms with van der Waals surface area (Å²) >= 11 is 3.44. The number of alkyl carbamates (subject to hydrolysis) is 1. The van der Waals surface area contributed by atoms with Gasteiger partial charge in [-0.3, -0.25) is 0 Å². The third-order valence-corrected chi connectivity index (χ3v) is 2.99. The number of carbonyl (C=O) groups excluding carboxylic acids is 1. The van der Waals surface area contributed by atoms with Crippen LogP contribution in [0.5, 0.6) is 0 Å². The van der Waals surface area contributed by atoms with Crippen molar-refractivity contribution in [2.45, 2.75) is 45.6 Å². The van der Waals surface area contributed by atoms with Crippen LogP contribution in [0.4, 0.5) is 4.79 Å². The fraction of sp³-hybridized carbons (Fsp3) is 0.909. The van der Waals surface area contributed by atoms with Gasteiger partial charge in [0.2, 0.25) is 0 Å². The summed E-state index contributed by atoms with van der Waals surface area (Å²) < 4.78 is 5.18. The van der Waals surface area contributed by atoms with Gasteiger partial charge in [-0.15, -0.1) is 0 Å². The van der Waals surface area contributed by atoms with Crippen LogP contribution in [0.3, 0.4) is 0 Å². The first kappa shape index (κ1) is 12.8. The lowest BCUT2D eigenvalue weighted by molar-refractivity contribution is 0.0516. The monoisotopic (exact) mass is 277 g/mol. The van der Waals surface area contributed by atoms with E-state index < -0.39 is 5.60 Å². The molecular formula is C11H20BrNO2. The predicted octanol–water partition coefficient (Wildman–Crippen LogP) is 3.08. The molecule has 0 heterocycles. The second-order valence-corrected chi connectivity index (χ2v) is 6.09. The number of nitrogens with one attached hydrogen (secondary N) is 1. The lowest BCUT2D eigenvalue weighted by atomic mass is 10.0. The standard InChI is InChI=1S/C11H20BrNO2/c1-10(2,3)15-9(14)13-8-11(4-5-11)6-7-12/h4-8H2,1-3H3,(H,13,14). The van der Waals surface area contributed by atoms with E-state index in [-0.39, 0.29) is 6.09 Å². The highest BCUT2D eigenvalue weighted by molar-refractivity contribution is 9.09. The number of hydrogen-bond donors (Lipinski definition) is 1. The number of carbonyl (C=O) groups is 1. The van der Waals surface area contributed by atoms with Crippen molar-refractivity contribution in [3.8, 4) is 0 Å². The van der Waals surface area contributed by atoms with Crippen LogP contribution in [0.15, 0.2) is 0 Å². The molecule has 0 radical (unpaired) electrons. The van der Waals surface area contributed by atoms with Crippen LogP contribution in [-0.2, 0) is 4.74 Å². The molecule has 0 atom stereocenters. The number of ether oxygens (including phenoxy) is 1. The molecule has 0 aromatic rings. The van der Waals surface area contributed by atoms with E-state index in [0.717, 1.165) is 18.3 Å². The molecule has 0 aliphatic heterocycles. The van der Waals surface area contributed by atoms with Crippen LogP contribution in [0.25, 0.3) is 0 Å². The summed E-state index contributed by atoms with van der Waals surface area (Å²) in [5.74, 6) is 0. The first-order chi connectivity index (χ1) is 6.87.